The molecular weight excluding hydrogens is 508 g/mol. The normalized spacial score (nSPS) is 12.0. The smallest absolute Gasteiger partial charge is 0.0742 e. The summed E-state index contributed by atoms with van der Waals surface area (Å²) in [5.41, 5.74) is 15.4. The van der Waals surface area contributed by atoms with Crippen LogP contribution in [0, 0.1) is 27.7 Å². The molecule has 0 atom stereocenters. The number of aromatic nitrogens is 2. The Morgan fingerprint density at radius 3 is 1.14 bits per heavy atom. The molecule has 0 bridgehead atoms. The maximum atomic E-state index is 2.43. The highest BCUT2D eigenvalue weighted by Crippen LogP contribution is 2.45. The van der Waals surface area contributed by atoms with Gasteiger partial charge >= 0.3 is 0 Å². The minimum Gasteiger partial charge on any atom is -0.342 e. The van der Waals surface area contributed by atoms with Gasteiger partial charge in [-0.1, -0.05) is 107 Å². The minimum atomic E-state index is 1.26. The molecule has 0 aliphatic rings. The Morgan fingerprint density at radius 1 is 0.381 bits per heavy atom. The Hall–Kier alpha value is -4.82. The van der Waals surface area contributed by atoms with Gasteiger partial charge in [-0.25, -0.2) is 0 Å². The van der Waals surface area contributed by atoms with Gasteiger partial charge in [0.15, 0.2) is 0 Å². The summed E-state index contributed by atoms with van der Waals surface area (Å²) in [6.07, 6.45) is 0. The van der Waals surface area contributed by atoms with Crippen LogP contribution in [-0.2, 0) is 14.1 Å². The van der Waals surface area contributed by atoms with Crippen LogP contribution in [0.2, 0.25) is 0 Å². The van der Waals surface area contributed by atoms with Gasteiger partial charge in [0.2, 0.25) is 0 Å². The van der Waals surface area contributed by atoms with E-state index in [1.165, 1.54) is 98.9 Å². The van der Waals surface area contributed by atoms with E-state index in [4.69, 9.17) is 0 Å². The van der Waals surface area contributed by atoms with Crippen LogP contribution >= 0.6 is 0 Å². The molecule has 0 unspecified atom stereocenters. The van der Waals surface area contributed by atoms with Crippen molar-refractivity contribution in [2.24, 2.45) is 14.1 Å². The summed E-state index contributed by atoms with van der Waals surface area (Å²) in [4.78, 5) is 0. The Bertz CT molecular complexity index is 2200. The molecule has 0 N–H and O–H groups in total. The molecule has 2 aromatic heterocycles. The van der Waals surface area contributed by atoms with Gasteiger partial charge in [-0.3, -0.25) is 0 Å². The van der Waals surface area contributed by atoms with Crippen molar-refractivity contribution < 1.29 is 0 Å². The van der Waals surface area contributed by atoms with Gasteiger partial charge < -0.3 is 9.13 Å². The lowest BCUT2D eigenvalue weighted by Crippen LogP contribution is -1.94. The molecular formula is C40H34N2. The molecule has 42 heavy (non-hydrogen) atoms. The summed E-state index contributed by atoms with van der Waals surface area (Å²) in [7, 11) is 4.48. The maximum Gasteiger partial charge on any atom is 0.0742 e. The summed E-state index contributed by atoms with van der Waals surface area (Å²) in [6.45, 7) is 8.72. The maximum absolute atomic E-state index is 2.43. The first-order valence-corrected chi connectivity index (χ1v) is 14.8. The first kappa shape index (κ1) is 24.9. The van der Waals surface area contributed by atoms with E-state index in [0.29, 0.717) is 0 Å². The molecule has 0 saturated carbocycles. The van der Waals surface area contributed by atoms with Crippen molar-refractivity contribution >= 4 is 54.4 Å². The topological polar surface area (TPSA) is 9.86 Å². The molecule has 6 aromatic carbocycles. The van der Waals surface area contributed by atoms with Crippen molar-refractivity contribution in [3.05, 3.63) is 119 Å². The van der Waals surface area contributed by atoms with Gasteiger partial charge in [0.05, 0.1) is 11.0 Å². The Labute approximate surface area is 246 Å². The SMILES string of the molecule is Cc1cc(C)cc(-c2ccc3c4c5ccccc5c5c6ccc(-c7cc(C)cc(C)c7)cc6n(C)c5c4n(C)c3c2)c1. The van der Waals surface area contributed by atoms with Crippen molar-refractivity contribution in [3.8, 4) is 22.3 Å². The van der Waals surface area contributed by atoms with Gasteiger partial charge in [-0.15, -0.1) is 0 Å². The zero-order valence-corrected chi connectivity index (χ0v) is 25.1. The van der Waals surface area contributed by atoms with Crippen molar-refractivity contribution in [1.29, 1.82) is 0 Å². The Kier molecular flexibility index (Phi) is 5.25. The Balaban J connectivity index is 1.49. The second-order valence-corrected chi connectivity index (χ2v) is 12.3. The summed E-state index contributed by atoms with van der Waals surface area (Å²) < 4.78 is 4.85. The second kappa shape index (κ2) is 8.84. The number of hydrogen-bond acceptors (Lipinski definition) is 0. The van der Waals surface area contributed by atoms with Gasteiger partial charge in [0.25, 0.3) is 0 Å². The van der Waals surface area contributed by atoms with E-state index in [0.717, 1.165) is 0 Å². The average Bonchev–Trinajstić information content (AvgIpc) is 3.43. The van der Waals surface area contributed by atoms with E-state index in [1.807, 2.05) is 0 Å². The van der Waals surface area contributed by atoms with E-state index in [2.05, 4.69) is 148 Å². The highest BCUT2D eigenvalue weighted by atomic mass is 15.0. The molecule has 2 nitrogen and oxygen atoms in total. The fraction of sp³-hybridized carbons (Fsp3) is 0.150. The van der Waals surface area contributed by atoms with Crippen LogP contribution in [0.5, 0.6) is 0 Å². The van der Waals surface area contributed by atoms with E-state index < -0.39 is 0 Å². The van der Waals surface area contributed by atoms with Crippen molar-refractivity contribution in [1.82, 2.24) is 9.13 Å². The molecule has 0 aliphatic heterocycles. The largest absolute Gasteiger partial charge is 0.342 e. The van der Waals surface area contributed by atoms with E-state index in [9.17, 15) is 0 Å². The molecule has 8 rings (SSSR count). The number of aryl methyl sites for hydroxylation is 6. The van der Waals surface area contributed by atoms with Gasteiger partial charge in [0.1, 0.15) is 0 Å². The summed E-state index contributed by atoms with van der Waals surface area (Å²) in [6, 6.07) is 36.7. The molecule has 0 aliphatic carbocycles. The van der Waals surface area contributed by atoms with Crippen molar-refractivity contribution in [2.75, 3.05) is 0 Å². The summed E-state index contributed by atoms with van der Waals surface area (Å²) in [5.74, 6) is 0. The first-order valence-electron chi connectivity index (χ1n) is 14.8. The minimum absolute atomic E-state index is 1.26. The second-order valence-electron chi connectivity index (χ2n) is 12.3. The van der Waals surface area contributed by atoms with Crippen LogP contribution < -0.4 is 0 Å². The van der Waals surface area contributed by atoms with Crippen LogP contribution in [-0.4, -0.2) is 9.13 Å². The molecule has 204 valence electrons. The van der Waals surface area contributed by atoms with E-state index in [1.54, 1.807) is 0 Å². The summed E-state index contributed by atoms with van der Waals surface area (Å²) >= 11 is 0. The van der Waals surface area contributed by atoms with Crippen LogP contribution in [0.1, 0.15) is 22.3 Å². The monoisotopic (exact) mass is 542 g/mol. The third-order valence-electron chi connectivity index (χ3n) is 9.20. The highest BCUT2D eigenvalue weighted by molar-refractivity contribution is 6.36. The fourth-order valence-electron chi connectivity index (χ4n) is 7.53. The number of hydrogen-bond donors (Lipinski definition) is 0. The van der Waals surface area contributed by atoms with Crippen LogP contribution in [0.15, 0.2) is 97.1 Å². The molecule has 2 heteroatoms. The number of nitrogens with zero attached hydrogens (tertiary/aromatic N) is 2. The van der Waals surface area contributed by atoms with E-state index >= 15 is 0 Å². The molecule has 0 saturated heterocycles. The number of benzene rings is 6. The first-order chi connectivity index (χ1) is 20.3. The predicted molar refractivity (Wildman–Crippen MR) is 182 cm³/mol. The van der Waals surface area contributed by atoms with Crippen LogP contribution in [0.4, 0.5) is 0 Å². The Morgan fingerprint density at radius 2 is 0.762 bits per heavy atom. The molecule has 0 fully saturated rings. The number of fused-ring (bicyclic) bond motifs is 10. The summed E-state index contributed by atoms with van der Waals surface area (Å²) in [5, 5.41) is 7.91. The highest BCUT2D eigenvalue weighted by Gasteiger charge is 2.22. The lowest BCUT2D eigenvalue weighted by atomic mass is 9.96. The zero-order chi connectivity index (χ0) is 28.9. The average molecular weight is 543 g/mol. The van der Waals surface area contributed by atoms with Gasteiger partial charge in [-0.2, -0.15) is 0 Å². The quantitative estimate of drug-likeness (QED) is 0.206. The molecule has 0 radical (unpaired) electrons. The lowest BCUT2D eigenvalue weighted by molar-refractivity contribution is 0.987. The van der Waals surface area contributed by atoms with Gasteiger partial charge in [0, 0.05) is 46.7 Å². The molecule has 0 amide bonds. The fourth-order valence-corrected chi connectivity index (χ4v) is 7.53. The predicted octanol–water partition coefficient (Wildman–Crippen LogP) is 10.7. The van der Waals surface area contributed by atoms with E-state index in [-0.39, 0.29) is 0 Å². The zero-order valence-electron chi connectivity index (χ0n) is 25.1. The number of rotatable bonds is 2. The molecule has 8 aromatic rings. The molecule has 0 spiro atoms. The van der Waals surface area contributed by atoms with Crippen LogP contribution in [0.3, 0.4) is 0 Å². The van der Waals surface area contributed by atoms with Gasteiger partial charge in [-0.05, 0) is 72.9 Å². The van der Waals surface area contributed by atoms with Crippen LogP contribution in [0.25, 0.3) is 76.6 Å². The standard InChI is InChI=1S/C40H34N2/c1-23-15-24(2)18-29(17-23)27-11-13-33-35(21-27)41(5)39-37(33)31-9-7-8-10-32(31)38-34-14-12-28(22-36(34)42(6)40(38)39)30-19-25(3)16-26(4)20-30/h7-22H,1-6H3. The third-order valence-corrected chi connectivity index (χ3v) is 9.20. The molecule has 2 heterocycles. The van der Waals surface area contributed by atoms with Crippen molar-refractivity contribution in [2.45, 2.75) is 27.7 Å². The third kappa shape index (κ3) is 3.51. The lowest BCUT2D eigenvalue weighted by Gasteiger charge is -2.08. The van der Waals surface area contributed by atoms with Crippen molar-refractivity contribution in [3.63, 3.8) is 0 Å².